The molecule has 5 rings (SSSR count). The van der Waals surface area contributed by atoms with Gasteiger partial charge in [0.1, 0.15) is 0 Å². The topological polar surface area (TPSA) is 89.6 Å². The van der Waals surface area contributed by atoms with Crippen molar-refractivity contribution in [1.82, 2.24) is 19.3 Å². The minimum absolute atomic E-state index is 0.205. The highest BCUT2D eigenvalue weighted by atomic mass is 16.5. The Labute approximate surface area is 222 Å². The minimum atomic E-state index is -0.205. The lowest BCUT2D eigenvalue weighted by Crippen LogP contribution is -2.19. The fraction of sp³-hybridized carbons (Fsp3) is 0.333. The number of aromatic amines is 1. The van der Waals surface area contributed by atoms with Gasteiger partial charge in [0.2, 0.25) is 0 Å². The van der Waals surface area contributed by atoms with E-state index in [0.29, 0.717) is 35.9 Å². The molecule has 0 radical (unpaired) electrons. The molecular formula is C30H34N6O2. The molecule has 4 aromatic rings. The zero-order valence-electron chi connectivity index (χ0n) is 22.2. The van der Waals surface area contributed by atoms with Gasteiger partial charge in [-0.1, -0.05) is 62.4 Å². The highest BCUT2D eigenvalue weighted by Crippen LogP contribution is 2.26. The van der Waals surface area contributed by atoms with Gasteiger partial charge < -0.3 is 9.72 Å². The van der Waals surface area contributed by atoms with Crippen LogP contribution in [-0.2, 0) is 11.3 Å². The van der Waals surface area contributed by atoms with Gasteiger partial charge in [-0.15, -0.1) is 0 Å². The molecule has 2 aromatic heterocycles. The molecule has 0 atom stereocenters. The summed E-state index contributed by atoms with van der Waals surface area (Å²) in [5.74, 6) is 1.36. The molecule has 8 nitrogen and oxygen atoms in total. The highest BCUT2D eigenvalue weighted by molar-refractivity contribution is 6.04. The zero-order chi connectivity index (χ0) is 26.6. The van der Waals surface area contributed by atoms with E-state index in [1.54, 1.807) is 4.57 Å². The van der Waals surface area contributed by atoms with Crippen molar-refractivity contribution in [3.63, 3.8) is 0 Å². The number of rotatable bonds is 7. The minimum Gasteiger partial charge on any atom is -0.381 e. The fourth-order valence-corrected chi connectivity index (χ4v) is 4.98. The van der Waals surface area contributed by atoms with Crippen LogP contribution in [0.3, 0.4) is 0 Å². The lowest BCUT2D eigenvalue weighted by atomic mass is 9.96. The second kappa shape index (κ2) is 11.1. The van der Waals surface area contributed by atoms with Crippen LogP contribution in [0.1, 0.15) is 61.0 Å². The van der Waals surface area contributed by atoms with E-state index in [-0.39, 0.29) is 5.69 Å². The van der Waals surface area contributed by atoms with Crippen LogP contribution < -0.4 is 5.69 Å². The number of aliphatic imine (C=N–C) groups is 2. The molecule has 0 unspecified atom stereocenters. The van der Waals surface area contributed by atoms with E-state index < -0.39 is 0 Å². The predicted octanol–water partition coefficient (Wildman–Crippen LogP) is 5.65. The van der Waals surface area contributed by atoms with Gasteiger partial charge in [0.15, 0.2) is 11.7 Å². The standard InChI is InChI=1S/C30H34N6O2/c1-20(2)26-7-5-6-8-27(26)28(31-4)34-29-21(3)33-30(37)35(29)18-22-9-11-23(12-10-22)24-17-32-36(19-24)25-13-15-38-16-14-25/h5-12,17,19-20,25H,4,13-16,18H2,1-3H3,(H,33,37)/b34-28-. The number of benzene rings is 2. The maximum atomic E-state index is 12.9. The molecule has 0 spiro atoms. The third kappa shape index (κ3) is 5.31. The first-order valence-electron chi connectivity index (χ1n) is 13.1. The fourth-order valence-electron chi connectivity index (χ4n) is 4.98. The number of aromatic nitrogens is 4. The van der Waals surface area contributed by atoms with E-state index in [1.807, 2.05) is 43.5 Å². The number of hydrogen-bond donors (Lipinski definition) is 1. The molecule has 1 aliphatic rings. The van der Waals surface area contributed by atoms with E-state index in [4.69, 9.17) is 9.73 Å². The van der Waals surface area contributed by atoms with Gasteiger partial charge in [0.25, 0.3) is 0 Å². The van der Waals surface area contributed by atoms with Gasteiger partial charge in [-0.25, -0.2) is 14.8 Å². The van der Waals surface area contributed by atoms with Gasteiger partial charge >= 0.3 is 5.69 Å². The second-order valence-electron chi connectivity index (χ2n) is 10.0. The van der Waals surface area contributed by atoms with Crippen LogP contribution in [-0.4, -0.2) is 45.1 Å². The molecule has 0 saturated carbocycles. The van der Waals surface area contributed by atoms with Crippen LogP contribution in [0.4, 0.5) is 5.82 Å². The summed E-state index contributed by atoms with van der Waals surface area (Å²) in [5, 5.41) is 4.59. The highest BCUT2D eigenvalue weighted by Gasteiger charge is 2.18. The summed E-state index contributed by atoms with van der Waals surface area (Å²) >= 11 is 0. The van der Waals surface area contributed by atoms with Crippen molar-refractivity contribution in [3.05, 3.63) is 93.8 Å². The molecule has 0 bridgehead atoms. The van der Waals surface area contributed by atoms with E-state index >= 15 is 0 Å². The van der Waals surface area contributed by atoms with Gasteiger partial charge in [0.05, 0.1) is 24.5 Å². The van der Waals surface area contributed by atoms with Crippen LogP contribution in [0.5, 0.6) is 0 Å². The number of aryl methyl sites for hydroxylation is 1. The Balaban J connectivity index is 1.40. The first kappa shape index (κ1) is 25.6. The number of imidazole rings is 1. The quantitative estimate of drug-likeness (QED) is 0.257. The van der Waals surface area contributed by atoms with Gasteiger partial charge in [-0.2, -0.15) is 5.10 Å². The van der Waals surface area contributed by atoms with E-state index in [2.05, 4.69) is 64.7 Å². The summed E-state index contributed by atoms with van der Waals surface area (Å²) in [5.41, 5.74) is 5.71. The summed E-state index contributed by atoms with van der Waals surface area (Å²) in [6.45, 7) is 11.8. The lowest BCUT2D eigenvalue weighted by molar-refractivity contribution is 0.0662. The van der Waals surface area contributed by atoms with Crippen LogP contribution in [0, 0.1) is 6.92 Å². The Morgan fingerprint density at radius 1 is 1.13 bits per heavy atom. The van der Waals surface area contributed by atoms with Crippen LogP contribution >= 0.6 is 0 Å². The van der Waals surface area contributed by atoms with Gasteiger partial charge in [-0.05, 0) is 49.1 Å². The van der Waals surface area contributed by atoms with Crippen molar-refractivity contribution < 1.29 is 4.74 Å². The molecule has 1 fully saturated rings. The number of hydrogen-bond acceptors (Lipinski definition) is 4. The molecule has 2 aromatic carbocycles. The van der Waals surface area contributed by atoms with E-state index in [9.17, 15) is 4.79 Å². The number of amidine groups is 1. The number of nitrogens with one attached hydrogen (secondary N) is 1. The average molecular weight is 511 g/mol. The van der Waals surface area contributed by atoms with Crippen molar-refractivity contribution in [1.29, 1.82) is 0 Å². The summed E-state index contributed by atoms with van der Waals surface area (Å²) < 4.78 is 9.18. The molecule has 1 saturated heterocycles. The van der Waals surface area contributed by atoms with Gasteiger partial charge in [0, 0.05) is 30.5 Å². The Morgan fingerprint density at radius 3 is 2.58 bits per heavy atom. The first-order chi connectivity index (χ1) is 18.4. The van der Waals surface area contributed by atoms with Gasteiger partial charge in [-0.3, -0.25) is 9.25 Å². The molecule has 3 heterocycles. The normalized spacial score (nSPS) is 14.8. The summed E-state index contributed by atoms with van der Waals surface area (Å²) in [4.78, 5) is 24.8. The van der Waals surface area contributed by atoms with E-state index in [0.717, 1.165) is 53.9 Å². The largest absolute Gasteiger partial charge is 0.381 e. The average Bonchev–Trinajstić information content (AvgIpc) is 3.53. The lowest BCUT2D eigenvalue weighted by Gasteiger charge is -2.22. The number of nitrogens with zero attached hydrogens (tertiary/aromatic N) is 5. The van der Waals surface area contributed by atoms with E-state index in [1.165, 1.54) is 0 Å². The van der Waals surface area contributed by atoms with Crippen molar-refractivity contribution in [2.75, 3.05) is 13.2 Å². The number of ether oxygens (including phenoxy) is 1. The Bertz CT molecular complexity index is 1500. The third-order valence-electron chi connectivity index (χ3n) is 7.11. The Hall–Kier alpha value is -4.04. The maximum absolute atomic E-state index is 12.9. The maximum Gasteiger partial charge on any atom is 0.327 e. The SMILES string of the molecule is C=N/C(=N\c1c(C)[nH]c(=O)n1Cc1ccc(-c2cnn(C3CCOCC3)c2)cc1)c1ccccc1C(C)C. The zero-order valence-corrected chi connectivity index (χ0v) is 22.2. The molecule has 0 aliphatic carbocycles. The summed E-state index contributed by atoms with van der Waals surface area (Å²) in [7, 11) is 0. The third-order valence-corrected chi connectivity index (χ3v) is 7.11. The molecule has 1 N–H and O–H groups in total. The monoisotopic (exact) mass is 510 g/mol. The molecule has 38 heavy (non-hydrogen) atoms. The Morgan fingerprint density at radius 2 is 1.87 bits per heavy atom. The Kier molecular flexibility index (Phi) is 7.51. The second-order valence-corrected chi connectivity index (χ2v) is 10.0. The molecule has 0 amide bonds. The summed E-state index contributed by atoms with van der Waals surface area (Å²) in [6.07, 6.45) is 6.00. The van der Waals surface area contributed by atoms with Crippen molar-refractivity contribution in [2.24, 2.45) is 9.98 Å². The summed E-state index contributed by atoms with van der Waals surface area (Å²) in [6, 6.07) is 16.7. The predicted molar refractivity (Wildman–Crippen MR) is 152 cm³/mol. The van der Waals surface area contributed by atoms with Crippen LogP contribution in [0.2, 0.25) is 0 Å². The van der Waals surface area contributed by atoms with Crippen LogP contribution in [0.25, 0.3) is 11.1 Å². The molecule has 8 heteroatoms. The molecular weight excluding hydrogens is 476 g/mol. The van der Waals surface area contributed by atoms with Crippen LogP contribution in [0.15, 0.2) is 75.7 Å². The van der Waals surface area contributed by atoms with Crippen molar-refractivity contribution >= 4 is 18.4 Å². The van der Waals surface area contributed by atoms with Crippen molar-refractivity contribution in [3.8, 4) is 11.1 Å². The number of H-pyrrole nitrogens is 1. The van der Waals surface area contributed by atoms with Crippen molar-refractivity contribution in [2.45, 2.75) is 52.1 Å². The molecule has 196 valence electrons. The first-order valence-corrected chi connectivity index (χ1v) is 13.1. The molecule has 1 aliphatic heterocycles. The smallest absolute Gasteiger partial charge is 0.327 e.